The average Bonchev–Trinajstić information content (AvgIpc) is 2.19. The van der Waals surface area contributed by atoms with Crippen molar-refractivity contribution in [3.63, 3.8) is 0 Å². The van der Waals surface area contributed by atoms with Crippen LogP contribution in [0.15, 0.2) is 24.3 Å². The Hall–Kier alpha value is -1.84. The Labute approximate surface area is 94.4 Å². The first-order valence-electron chi connectivity index (χ1n) is 5.07. The molecule has 0 atom stereocenters. The summed E-state index contributed by atoms with van der Waals surface area (Å²) in [6.07, 6.45) is 0.636. The third-order valence-electron chi connectivity index (χ3n) is 1.99. The zero-order valence-electron chi connectivity index (χ0n) is 9.23. The molecular formula is C12H15NO3. The Morgan fingerprint density at radius 3 is 2.38 bits per heavy atom. The van der Waals surface area contributed by atoms with Crippen molar-refractivity contribution >= 4 is 11.7 Å². The molecule has 0 saturated carbocycles. The quantitative estimate of drug-likeness (QED) is 0.781. The highest BCUT2D eigenvalue weighted by atomic mass is 16.5. The Kier molecular flexibility index (Phi) is 4.51. The van der Waals surface area contributed by atoms with Gasteiger partial charge in [-0.1, -0.05) is 12.1 Å². The number of Topliss-reactive ketones (excluding diaryl/α,β-unsaturated/α-hetero) is 1. The molecule has 0 aliphatic carbocycles. The molecule has 1 aromatic carbocycles. The molecule has 86 valence electrons. The predicted octanol–water partition coefficient (Wildman–Crippen LogP) is 1.07. The van der Waals surface area contributed by atoms with Crippen LogP contribution >= 0.6 is 0 Å². The lowest BCUT2D eigenvalue weighted by molar-refractivity contribution is -0.118. The smallest absolute Gasteiger partial charge is 0.220 e. The number of primary amides is 1. The lowest BCUT2D eigenvalue weighted by atomic mass is 10.1. The number of hydrogen-bond donors (Lipinski definition) is 1. The highest BCUT2D eigenvalue weighted by Gasteiger charge is 1.99. The molecule has 0 radical (unpaired) electrons. The molecule has 1 aromatic rings. The van der Waals surface area contributed by atoms with E-state index in [1.807, 2.05) is 12.1 Å². The molecule has 0 heterocycles. The van der Waals surface area contributed by atoms with Crippen LogP contribution in [0.3, 0.4) is 0 Å². The van der Waals surface area contributed by atoms with Gasteiger partial charge in [-0.3, -0.25) is 9.59 Å². The molecule has 0 aliphatic heterocycles. The number of hydrogen-bond acceptors (Lipinski definition) is 3. The maximum absolute atomic E-state index is 10.9. The maximum atomic E-state index is 10.9. The van der Waals surface area contributed by atoms with Crippen LogP contribution < -0.4 is 10.5 Å². The third-order valence-corrected chi connectivity index (χ3v) is 1.99. The third kappa shape index (κ3) is 4.59. The second kappa shape index (κ2) is 5.90. The molecule has 0 bridgehead atoms. The van der Waals surface area contributed by atoms with Gasteiger partial charge >= 0.3 is 0 Å². The second-order valence-corrected chi connectivity index (χ2v) is 3.59. The Morgan fingerprint density at radius 2 is 1.88 bits per heavy atom. The summed E-state index contributed by atoms with van der Waals surface area (Å²) < 4.78 is 5.29. The molecule has 0 saturated heterocycles. The molecule has 0 spiro atoms. The Balaban J connectivity index is 2.45. The van der Waals surface area contributed by atoms with Gasteiger partial charge in [0.2, 0.25) is 5.91 Å². The summed E-state index contributed by atoms with van der Waals surface area (Å²) in [6.45, 7) is 1.83. The van der Waals surface area contributed by atoms with Gasteiger partial charge in [0.1, 0.15) is 11.5 Å². The number of ketones is 1. The first-order chi connectivity index (χ1) is 7.58. The molecule has 4 nitrogen and oxygen atoms in total. The summed E-state index contributed by atoms with van der Waals surface area (Å²) >= 11 is 0. The number of amides is 1. The molecule has 1 amide bonds. The topological polar surface area (TPSA) is 69.4 Å². The SMILES string of the molecule is CC(=O)Cc1ccc(OCCC(N)=O)cc1. The van der Waals surface area contributed by atoms with E-state index in [0.717, 1.165) is 5.56 Å². The normalized spacial score (nSPS) is 9.81. The number of benzene rings is 1. The number of carbonyl (C=O) groups is 2. The molecule has 0 aromatic heterocycles. The molecular weight excluding hydrogens is 206 g/mol. The van der Waals surface area contributed by atoms with Gasteiger partial charge in [0.15, 0.2) is 0 Å². The molecule has 0 unspecified atom stereocenters. The summed E-state index contributed by atoms with van der Waals surface area (Å²) in [5, 5.41) is 0. The fraction of sp³-hybridized carbons (Fsp3) is 0.333. The minimum absolute atomic E-state index is 0.127. The predicted molar refractivity (Wildman–Crippen MR) is 60.1 cm³/mol. The molecule has 4 heteroatoms. The molecule has 2 N–H and O–H groups in total. The van der Waals surface area contributed by atoms with Crippen LogP contribution in [-0.4, -0.2) is 18.3 Å². The summed E-state index contributed by atoms with van der Waals surface area (Å²) in [6, 6.07) is 7.22. The van der Waals surface area contributed by atoms with Gasteiger partial charge in [0.05, 0.1) is 13.0 Å². The zero-order chi connectivity index (χ0) is 12.0. The molecule has 0 fully saturated rings. The van der Waals surface area contributed by atoms with E-state index in [0.29, 0.717) is 12.2 Å². The summed E-state index contributed by atoms with van der Waals surface area (Å²) in [7, 11) is 0. The fourth-order valence-corrected chi connectivity index (χ4v) is 1.26. The van der Waals surface area contributed by atoms with Crippen molar-refractivity contribution in [2.24, 2.45) is 5.73 Å². The highest BCUT2D eigenvalue weighted by molar-refractivity contribution is 5.78. The van der Waals surface area contributed by atoms with Gasteiger partial charge in [0, 0.05) is 6.42 Å². The van der Waals surface area contributed by atoms with Crippen molar-refractivity contribution in [2.45, 2.75) is 19.8 Å². The van der Waals surface area contributed by atoms with Crippen LogP contribution in [0.5, 0.6) is 5.75 Å². The van der Waals surface area contributed by atoms with Crippen LogP contribution in [0.1, 0.15) is 18.9 Å². The van der Waals surface area contributed by atoms with Crippen LogP contribution in [0.25, 0.3) is 0 Å². The molecule has 1 rings (SSSR count). The van der Waals surface area contributed by atoms with Crippen molar-refractivity contribution in [2.75, 3.05) is 6.61 Å². The fourth-order valence-electron chi connectivity index (χ4n) is 1.26. The van der Waals surface area contributed by atoms with Crippen LogP contribution in [-0.2, 0) is 16.0 Å². The van der Waals surface area contributed by atoms with Crippen molar-refractivity contribution in [3.8, 4) is 5.75 Å². The first kappa shape index (κ1) is 12.2. The number of ether oxygens (including phenoxy) is 1. The van der Waals surface area contributed by atoms with E-state index >= 15 is 0 Å². The van der Waals surface area contributed by atoms with Crippen molar-refractivity contribution in [3.05, 3.63) is 29.8 Å². The number of nitrogens with two attached hydrogens (primary N) is 1. The summed E-state index contributed by atoms with van der Waals surface area (Å²) in [5.41, 5.74) is 5.93. The van der Waals surface area contributed by atoms with E-state index in [1.54, 1.807) is 19.1 Å². The van der Waals surface area contributed by atoms with E-state index in [4.69, 9.17) is 10.5 Å². The van der Waals surface area contributed by atoms with Crippen molar-refractivity contribution in [1.29, 1.82) is 0 Å². The molecule has 16 heavy (non-hydrogen) atoms. The zero-order valence-corrected chi connectivity index (χ0v) is 9.23. The minimum atomic E-state index is -0.381. The van der Waals surface area contributed by atoms with Gasteiger partial charge < -0.3 is 10.5 Å². The Morgan fingerprint density at radius 1 is 1.25 bits per heavy atom. The van der Waals surface area contributed by atoms with Gasteiger partial charge in [-0.25, -0.2) is 0 Å². The summed E-state index contributed by atoms with van der Waals surface area (Å²) in [5.74, 6) is 0.421. The highest BCUT2D eigenvalue weighted by Crippen LogP contribution is 2.12. The van der Waals surface area contributed by atoms with Crippen molar-refractivity contribution in [1.82, 2.24) is 0 Å². The second-order valence-electron chi connectivity index (χ2n) is 3.59. The van der Waals surface area contributed by atoms with E-state index in [9.17, 15) is 9.59 Å². The van der Waals surface area contributed by atoms with Crippen LogP contribution in [0, 0.1) is 0 Å². The number of rotatable bonds is 6. The molecule has 0 aliphatic rings. The minimum Gasteiger partial charge on any atom is -0.493 e. The maximum Gasteiger partial charge on any atom is 0.220 e. The average molecular weight is 221 g/mol. The van der Waals surface area contributed by atoms with Crippen LogP contribution in [0.2, 0.25) is 0 Å². The monoisotopic (exact) mass is 221 g/mol. The standard InChI is InChI=1S/C12H15NO3/c1-9(14)8-10-2-4-11(5-3-10)16-7-6-12(13)15/h2-5H,6-8H2,1H3,(H2,13,15). The van der Waals surface area contributed by atoms with E-state index < -0.39 is 0 Å². The van der Waals surface area contributed by atoms with E-state index in [2.05, 4.69) is 0 Å². The van der Waals surface area contributed by atoms with Crippen LogP contribution in [0.4, 0.5) is 0 Å². The Bertz CT molecular complexity index is 370. The van der Waals surface area contributed by atoms with E-state index in [1.165, 1.54) is 0 Å². The van der Waals surface area contributed by atoms with Gasteiger partial charge in [-0.15, -0.1) is 0 Å². The van der Waals surface area contributed by atoms with Gasteiger partial charge in [0.25, 0.3) is 0 Å². The first-order valence-corrected chi connectivity index (χ1v) is 5.07. The van der Waals surface area contributed by atoms with Gasteiger partial charge in [-0.05, 0) is 24.6 Å². The number of carbonyl (C=O) groups excluding carboxylic acids is 2. The summed E-state index contributed by atoms with van der Waals surface area (Å²) in [4.78, 5) is 21.3. The largest absolute Gasteiger partial charge is 0.493 e. The van der Waals surface area contributed by atoms with E-state index in [-0.39, 0.29) is 24.7 Å². The lowest BCUT2D eigenvalue weighted by Crippen LogP contribution is -2.14. The van der Waals surface area contributed by atoms with Crippen molar-refractivity contribution < 1.29 is 14.3 Å². The van der Waals surface area contributed by atoms with Gasteiger partial charge in [-0.2, -0.15) is 0 Å². The lowest BCUT2D eigenvalue weighted by Gasteiger charge is -2.05.